The Bertz CT molecular complexity index is 1320. The van der Waals surface area contributed by atoms with Crippen LogP contribution in [-0.2, 0) is 10.0 Å². The number of sulfonamides is 1. The van der Waals surface area contributed by atoms with E-state index in [1.165, 1.54) is 28.9 Å². The van der Waals surface area contributed by atoms with Gasteiger partial charge in [-0.25, -0.2) is 12.9 Å². The minimum atomic E-state index is -4.06. The number of halogens is 1. The van der Waals surface area contributed by atoms with Crippen LogP contribution in [0.4, 0.5) is 11.5 Å². The minimum absolute atomic E-state index is 0.0192. The lowest BCUT2D eigenvalue weighted by molar-refractivity contribution is -0.383. The summed E-state index contributed by atoms with van der Waals surface area (Å²) in [5, 5.41) is 15.5. The lowest BCUT2D eigenvalue weighted by Crippen LogP contribution is -2.14. The molecule has 1 N–H and O–H groups in total. The van der Waals surface area contributed by atoms with Gasteiger partial charge in [0.15, 0.2) is 5.82 Å². The van der Waals surface area contributed by atoms with E-state index < -0.39 is 14.9 Å². The zero-order valence-corrected chi connectivity index (χ0v) is 15.8. The maximum Gasteiger partial charge on any atom is 0.278 e. The van der Waals surface area contributed by atoms with Gasteiger partial charge >= 0.3 is 0 Å². The number of rotatable bonds is 4. The summed E-state index contributed by atoms with van der Waals surface area (Å²) in [5.74, 6) is 0.121. The van der Waals surface area contributed by atoms with E-state index in [1.807, 2.05) is 6.07 Å². The molecule has 4 rings (SSSR count). The van der Waals surface area contributed by atoms with Gasteiger partial charge in [-0.2, -0.15) is 0 Å². The Morgan fingerprint density at radius 2 is 2.00 bits per heavy atom. The second-order valence-corrected chi connectivity index (χ2v) is 8.16. The lowest BCUT2D eigenvalue weighted by Gasteiger charge is -2.08. The summed E-state index contributed by atoms with van der Waals surface area (Å²) in [6.07, 6.45) is 3.07. The van der Waals surface area contributed by atoms with Crippen molar-refractivity contribution >= 4 is 53.9 Å². The Morgan fingerprint density at radius 3 is 2.78 bits per heavy atom. The van der Waals surface area contributed by atoms with Crippen LogP contribution in [0.15, 0.2) is 64.2 Å². The number of aromatic nitrogens is 3. The third-order valence-corrected chi connectivity index (χ3v) is 5.71. The lowest BCUT2D eigenvalue weighted by atomic mass is 10.2. The van der Waals surface area contributed by atoms with Crippen molar-refractivity contribution in [2.24, 2.45) is 0 Å². The molecule has 3 heterocycles. The topological polar surface area (TPSA) is 120 Å². The van der Waals surface area contributed by atoms with Gasteiger partial charge in [0.05, 0.1) is 21.3 Å². The number of nitro benzene ring substituents is 1. The highest BCUT2D eigenvalue weighted by Crippen LogP contribution is 2.30. The van der Waals surface area contributed by atoms with Crippen LogP contribution in [0.3, 0.4) is 0 Å². The maximum absolute atomic E-state index is 12.9. The van der Waals surface area contributed by atoms with Gasteiger partial charge in [0.25, 0.3) is 15.7 Å². The van der Waals surface area contributed by atoms with Crippen LogP contribution in [0.25, 0.3) is 16.4 Å². The van der Waals surface area contributed by atoms with Gasteiger partial charge in [0, 0.05) is 29.0 Å². The van der Waals surface area contributed by atoms with E-state index in [1.54, 1.807) is 18.3 Å². The summed E-state index contributed by atoms with van der Waals surface area (Å²) >= 11 is 3.32. The first kappa shape index (κ1) is 17.4. The van der Waals surface area contributed by atoms with Crippen molar-refractivity contribution in [3.63, 3.8) is 0 Å². The van der Waals surface area contributed by atoms with Crippen molar-refractivity contribution < 1.29 is 13.3 Å². The Balaban J connectivity index is 1.82. The molecule has 0 aliphatic heterocycles. The van der Waals surface area contributed by atoms with Crippen molar-refractivity contribution in [2.45, 2.75) is 4.90 Å². The number of nitrogens with zero attached hydrogens (tertiary/aromatic N) is 4. The van der Waals surface area contributed by atoms with Gasteiger partial charge in [-0.05, 0) is 46.3 Å². The fourth-order valence-electron chi connectivity index (χ4n) is 2.71. The molecule has 0 unspecified atom stereocenters. The fraction of sp³-hybridized carbons (Fsp3) is 0. The first-order valence-corrected chi connectivity index (χ1v) is 9.83. The Morgan fingerprint density at radius 1 is 1.19 bits per heavy atom. The van der Waals surface area contributed by atoms with E-state index in [0.29, 0.717) is 5.52 Å². The molecule has 0 saturated heterocycles. The van der Waals surface area contributed by atoms with E-state index >= 15 is 0 Å². The third kappa shape index (κ3) is 3.11. The largest absolute Gasteiger partial charge is 0.278 e. The summed E-state index contributed by atoms with van der Waals surface area (Å²) < 4.78 is 30.4. The van der Waals surface area contributed by atoms with Gasteiger partial charge < -0.3 is 0 Å². The van der Waals surface area contributed by atoms with Crippen molar-refractivity contribution in [2.75, 3.05) is 4.72 Å². The van der Waals surface area contributed by atoms with Crippen molar-refractivity contribution in [1.29, 1.82) is 0 Å². The first-order valence-electron chi connectivity index (χ1n) is 7.55. The minimum Gasteiger partial charge on any atom is -0.262 e. The number of anilines is 1. The van der Waals surface area contributed by atoms with E-state index in [9.17, 15) is 18.5 Å². The zero-order valence-electron chi connectivity index (χ0n) is 13.4. The highest BCUT2D eigenvalue weighted by Gasteiger charge is 2.24. The van der Waals surface area contributed by atoms with Crippen LogP contribution < -0.4 is 4.72 Å². The highest BCUT2D eigenvalue weighted by molar-refractivity contribution is 9.10. The molecule has 3 aromatic heterocycles. The SMILES string of the molecule is O=[N+]([O-])c1ccc(S(=O)(=O)Nc2cc3ccc(Br)cn3n2)c2ncccc12. The summed E-state index contributed by atoms with van der Waals surface area (Å²) in [4.78, 5) is 14.5. The molecule has 9 nitrogen and oxygen atoms in total. The third-order valence-electron chi connectivity index (χ3n) is 3.86. The molecule has 0 aliphatic carbocycles. The number of pyridine rings is 2. The molecule has 0 aliphatic rings. The van der Waals surface area contributed by atoms with Crippen LogP contribution in [0.2, 0.25) is 0 Å². The highest BCUT2D eigenvalue weighted by atomic mass is 79.9. The van der Waals surface area contributed by atoms with Gasteiger partial charge in [-0.15, -0.1) is 5.10 Å². The molecular formula is C16H10BrN5O4S. The number of nitro groups is 1. The molecule has 0 atom stereocenters. The molecule has 1 aromatic carbocycles. The number of fused-ring (bicyclic) bond motifs is 2. The predicted molar refractivity (Wildman–Crippen MR) is 102 cm³/mol. The number of hydrogen-bond acceptors (Lipinski definition) is 6. The predicted octanol–water partition coefficient (Wildman–Crippen LogP) is 3.35. The van der Waals surface area contributed by atoms with Crippen LogP contribution in [0.1, 0.15) is 0 Å². The molecule has 136 valence electrons. The molecule has 11 heteroatoms. The fourth-order valence-corrected chi connectivity index (χ4v) is 4.19. The number of hydrogen-bond donors (Lipinski definition) is 1. The Hall–Kier alpha value is -3.05. The van der Waals surface area contributed by atoms with Crippen LogP contribution in [-0.4, -0.2) is 27.9 Å². The standard InChI is InChI=1S/C16H10BrN5O4S/c17-10-3-4-11-8-15(19-21(11)9-10)20-27(25,26)14-6-5-13(22(23)24)12-2-1-7-18-16(12)14/h1-9H,(H,19,20). The quantitative estimate of drug-likeness (QED) is 0.378. The second kappa shape index (κ2) is 6.28. The van der Waals surface area contributed by atoms with Gasteiger partial charge in [-0.3, -0.25) is 19.8 Å². The van der Waals surface area contributed by atoms with E-state index in [2.05, 4.69) is 30.7 Å². The summed E-state index contributed by atoms with van der Waals surface area (Å²) in [7, 11) is -4.06. The average molecular weight is 448 g/mol. The second-order valence-electron chi connectivity index (χ2n) is 5.59. The smallest absolute Gasteiger partial charge is 0.262 e. The van der Waals surface area contributed by atoms with E-state index in [-0.39, 0.29) is 27.3 Å². The van der Waals surface area contributed by atoms with Gasteiger partial charge in [-0.1, -0.05) is 0 Å². The summed E-state index contributed by atoms with van der Waals surface area (Å²) in [6.45, 7) is 0. The molecule has 0 amide bonds. The molecule has 4 aromatic rings. The van der Waals surface area contributed by atoms with Crippen molar-refractivity contribution in [1.82, 2.24) is 14.6 Å². The molecule has 0 spiro atoms. The number of benzene rings is 1. The number of nitrogens with one attached hydrogen (secondary N) is 1. The summed E-state index contributed by atoms with van der Waals surface area (Å²) in [5.41, 5.74) is 0.503. The van der Waals surface area contributed by atoms with Crippen LogP contribution in [0, 0.1) is 10.1 Å². The van der Waals surface area contributed by atoms with Gasteiger partial charge in [0.1, 0.15) is 4.90 Å². The molecule has 0 saturated carbocycles. The first-order chi connectivity index (χ1) is 12.8. The monoisotopic (exact) mass is 447 g/mol. The zero-order chi connectivity index (χ0) is 19.2. The van der Waals surface area contributed by atoms with Crippen molar-refractivity contribution in [3.05, 3.63) is 69.4 Å². The van der Waals surface area contributed by atoms with Crippen LogP contribution in [0.5, 0.6) is 0 Å². The Labute approximate surface area is 161 Å². The molecule has 0 fully saturated rings. The molecule has 27 heavy (non-hydrogen) atoms. The molecule has 0 bridgehead atoms. The van der Waals surface area contributed by atoms with E-state index in [4.69, 9.17) is 0 Å². The molecule has 0 radical (unpaired) electrons. The number of non-ortho nitro benzene ring substituents is 1. The Kier molecular flexibility index (Phi) is 4.04. The average Bonchev–Trinajstić information content (AvgIpc) is 3.00. The molecular weight excluding hydrogens is 438 g/mol. The normalized spacial score (nSPS) is 11.7. The summed E-state index contributed by atoms with van der Waals surface area (Å²) in [6, 6.07) is 10.5. The van der Waals surface area contributed by atoms with E-state index in [0.717, 1.165) is 10.5 Å². The maximum atomic E-state index is 12.9. The van der Waals surface area contributed by atoms with Crippen molar-refractivity contribution in [3.8, 4) is 0 Å². The van der Waals surface area contributed by atoms with Crippen LogP contribution >= 0.6 is 15.9 Å². The van der Waals surface area contributed by atoms with Gasteiger partial charge in [0.2, 0.25) is 0 Å².